The van der Waals surface area contributed by atoms with E-state index in [2.05, 4.69) is 35.0 Å². The van der Waals surface area contributed by atoms with Crippen LogP contribution < -0.4 is 10.1 Å². The van der Waals surface area contributed by atoms with Crippen LogP contribution in [0.1, 0.15) is 16.9 Å². The average molecular weight is 319 g/mol. The van der Waals surface area contributed by atoms with Gasteiger partial charge in [0.25, 0.3) is 0 Å². The molecule has 118 valence electrons. The van der Waals surface area contributed by atoms with Crippen molar-refractivity contribution in [2.45, 2.75) is 19.3 Å². The van der Waals surface area contributed by atoms with Crippen molar-refractivity contribution in [3.8, 4) is 5.75 Å². The van der Waals surface area contributed by atoms with Crippen LogP contribution in [0.15, 0.2) is 41.8 Å². The van der Waals surface area contributed by atoms with E-state index >= 15 is 0 Å². The SMILES string of the molecule is O=C(O)CCNCCc1ccc(OCCc2cccs2)cc1. The molecule has 5 heteroatoms. The summed E-state index contributed by atoms with van der Waals surface area (Å²) in [5.41, 5.74) is 1.22. The normalized spacial score (nSPS) is 10.5. The Morgan fingerprint density at radius 1 is 1.14 bits per heavy atom. The number of thiophene rings is 1. The van der Waals surface area contributed by atoms with Gasteiger partial charge in [0.15, 0.2) is 0 Å². The molecule has 4 nitrogen and oxygen atoms in total. The van der Waals surface area contributed by atoms with Gasteiger partial charge in [0.1, 0.15) is 5.75 Å². The van der Waals surface area contributed by atoms with Gasteiger partial charge in [-0.15, -0.1) is 11.3 Å². The molecule has 0 atom stereocenters. The van der Waals surface area contributed by atoms with E-state index in [-0.39, 0.29) is 6.42 Å². The highest BCUT2D eigenvalue weighted by molar-refractivity contribution is 7.09. The lowest BCUT2D eigenvalue weighted by Crippen LogP contribution is -2.20. The van der Waals surface area contributed by atoms with E-state index in [1.54, 1.807) is 11.3 Å². The minimum absolute atomic E-state index is 0.164. The highest BCUT2D eigenvalue weighted by atomic mass is 32.1. The van der Waals surface area contributed by atoms with Crippen LogP contribution >= 0.6 is 11.3 Å². The van der Waals surface area contributed by atoms with Crippen molar-refractivity contribution in [3.63, 3.8) is 0 Å². The number of hydrogen-bond donors (Lipinski definition) is 2. The molecule has 0 saturated carbocycles. The average Bonchev–Trinajstić information content (AvgIpc) is 3.01. The minimum Gasteiger partial charge on any atom is -0.493 e. The van der Waals surface area contributed by atoms with Crippen molar-refractivity contribution >= 4 is 17.3 Å². The molecule has 1 aromatic heterocycles. The third-order valence-electron chi connectivity index (χ3n) is 3.23. The molecule has 0 amide bonds. The Labute approximate surface area is 134 Å². The second-order valence-corrected chi connectivity index (χ2v) is 6.00. The van der Waals surface area contributed by atoms with Crippen LogP contribution in [-0.4, -0.2) is 30.8 Å². The molecule has 0 unspecified atom stereocenters. The van der Waals surface area contributed by atoms with Crippen LogP contribution in [-0.2, 0) is 17.6 Å². The Bertz CT molecular complexity index is 552. The monoisotopic (exact) mass is 319 g/mol. The zero-order chi connectivity index (χ0) is 15.6. The van der Waals surface area contributed by atoms with Crippen molar-refractivity contribution in [1.29, 1.82) is 0 Å². The summed E-state index contributed by atoms with van der Waals surface area (Å²) in [6.07, 6.45) is 1.99. The predicted octanol–water partition coefficient (Wildman–Crippen LogP) is 2.98. The third-order valence-corrected chi connectivity index (χ3v) is 4.16. The number of ether oxygens (including phenoxy) is 1. The van der Waals surface area contributed by atoms with Gasteiger partial charge in [-0.25, -0.2) is 0 Å². The lowest BCUT2D eigenvalue weighted by atomic mass is 10.1. The number of carboxylic acids is 1. The maximum absolute atomic E-state index is 10.4. The van der Waals surface area contributed by atoms with Crippen molar-refractivity contribution in [2.75, 3.05) is 19.7 Å². The Hall–Kier alpha value is -1.85. The van der Waals surface area contributed by atoms with Crippen molar-refractivity contribution in [1.82, 2.24) is 5.32 Å². The summed E-state index contributed by atoms with van der Waals surface area (Å²) in [5.74, 6) is 0.121. The van der Waals surface area contributed by atoms with E-state index < -0.39 is 5.97 Å². The molecule has 2 aromatic rings. The molecule has 22 heavy (non-hydrogen) atoms. The first-order valence-electron chi connectivity index (χ1n) is 7.40. The first-order valence-corrected chi connectivity index (χ1v) is 8.28. The van der Waals surface area contributed by atoms with Gasteiger partial charge in [-0.3, -0.25) is 4.79 Å². The summed E-state index contributed by atoms with van der Waals surface area (Å²) >= 11 is 1.75. The molecule has 0 aliphatic heterocycles. The Kier molecular flexibility index (Phi) is 6.93. The molecule has 0 fully saturated rings. The number of carbonyl (C=O) groups is 1. The summed E-state index contributed by atoms with van der Waals surface area (Å²) in [6, 6.07) is 12.3. The topological polar surface area (TPSA) is 58.6 Å². The van der Waals surface area contributed by atoms with Crippen LogP contribution in [0.4, 0.5) is 0 Å². The predicted molar refractivity (Wildman–Crippen MR) is 88.8 cm³/mol. The third kappa shape index (κ3) is 6.28. The molecular formula is C17H21NO3S. The Morgan fingerprint density at radius 3 is 2.64 bits per heavy atom. The van der Waals surface area contributed by atoms with Crippen LogP contribution in [0.25, 0.3) is 0 Å². The second-order valence-electron chi connectivity index (χ2n) is 4.97. The fraction of sp³-hybridized carbons (Fsp3) is 0.353. The molecule has 0 bridgehead atoms. The zero-order valence-electron chi connectivity index (χ0n) is 12.5. The van der Waals surface area contributed by atoms with Crippen molar-refractivity contribution < 1.29 is 14.6 Å². The van der Waals surface area contributed by atoms with Gasteiger partial charge in [0.05, 0.1) is 13.0 Å². The fourth-order valence-corrected chi connectivity index (χ4v) is 2.72. The number of hydrogen-bond acceptors (Lipinski definition) is 4. The minimum atomic E-state index is -0.767. The van der Waals surface area contributed by atoms with Gasteiger partial charge >= 0.3 is 5.97 Å². The molecule has 0 spiro atoms. The van der Waals surface area contributed by atoms with Gasteiger partial charge in [0.2, 0.25) is 0 Å². The summed E-state index contributed by atoms with van der Waals surface area (Å²) in [4.78, 5) is 11.7. The van der Waals surface area contributed by atoms with E-state index in [1.165, 1.54) is 10.4 Å². The van der Waals surface area contributed by atoms with E-state index in [0.29, 0.717) is 13.2 Å². The number of benzene rings is 1. The van der Waals surface area contributed by atoms with Crippen molar-refractivity contribution in [2.24, 2.45) is 0 Å². The standard InChI is InChI=1S/C17H21NO3S/c19-17(20)8-11-18-10-7-14-3-5-15(6-4-14)21-12-9-16-2-1-13-22-16/h1-6,13,18H,7-12H2,(H,19,20). The molecule has 1 aromatic carbocycles. The number of aliphatic carboxylic acids is 1. The maximum atomic E-state index is 10.4. The quantitative estimate of drug-likeness (QED) is 0.661. The van der Waals surface area contributed by atoms with E-state index in [1.807, 2.05) is 12.1 Å². The van der Waals surface area contributed by atoms with Gasteiger partial charge < -0.3 is 15.2 Å². The number of rotatable bonds is 10. The highest BCUT2D eigenvalue weighted by Gasteiger charge is 1.99. The summed E-state index contributed by atoms with van der Waals surface area (Å²) in [5, 5.41) is 13.7. The van der Waals surface area contributed by atoms with E-state index in [4.69, 9.17) is 9.84 Å². The summed E-state index contributed by atoms with van der Waals surface area (Å²) in [7, 11) is 0. The zero-order valence-corrected chi connectivity index (χ0v) is 13.3. The van der Waals surface area contributed by atoms with Crippen molar-refractivity contribution in [3.05, 3.63) is 52.2 Å². The molecule has 0 aliphatic carbocycles. The molecule has 2 N–H and O–H groups in total. The summed E-state index contributed by atoms with van der Waals surface area (Å²) in [6.45, 7) is 1.99. The van der Waals surface area contributed by atoms with E-state index in [0.717, 1.165) is 25.1 Å². The number of nitrogens with one attached hydrogen (secondary N) is 1. The van der Waals surface area contributed by atoms with Gasteiger partial charge in [0, 0.05) is 17.8 Å². The molecule has 1 heterocycles. The molecule has 2 rings (SSSR count). The Morgan fingerprint density at radius 2 is 1.95 bits per heavy atom. The Balaban J connectivity index is 1.63. The van der Waals surface area contributed by atoms with Crippen LogP contribution in [0.3, 0.4) is 0 Å². The largest absolute Gasteiger partial charge is 0.493 e. The highest BCUT2D eigenvalue weighted by Crippen LogP contribution is 2.14. The van der Waals surface area contributed by atoms with Gasteiger partial charge in [-0.05, 0) is 42.1 Å². The fourth-order valence-electron chi connectivity index (χ4n) is 2.03. The first-order chi connectivity index (χ1) is 10.7. The van der Waals surface area contributed by atoms with Crippen LogP contribution in [0.2, 0.25) is 0 Å². The summed E-state index contributed by atoms with van der Waals surface area (Å²) < 4.78 is 5.73. The van der Waals surface area contributed by atoms with Gasteiger partial charge in [-0.2, -0.15) is 0 Å². The number of carboxylic acid groups (broad SMARTS) is 1. The molecule has 0 saturated heterocycles. The lowest BCUT2D eigenvalue weighted by molar-refractivity contribution is -0.136. The second kappa shape index (κ2) is 9.23. The smallest absolute Gasteiger partial charge is 0.304 e. The molecule has 0 aliphatic rings. The molecular weight excluding hydrogens is 298 g/mol. The first kappa shape index (κ1) is 16.5. The van der Waals surface area contributed by atoms with Crippen LogP contribution in [0, 0.1) is 0 Å². The molecule has 0 radical (unpaired) electrons. The maximum Gasteiger partial charge on any atom is 0.304 e. The van der Waals surface area contributed by atoms with Crippen LogP contribution in [0.5, 0.6) is 5.75 Å². The van der Waals surface area contributed by atoms with E-state index in [9.17, 15) is 4.79 Å². The lowest BCUT2D eigenvalue weighted by Gasteiger charge is -2.07. The van der Waals surface area contributed by atoms with Gasteiger partial charge in [-0.1, -0.05) is 18.2 Å².